The number of hydrogen-bond donors (Lipinski definition) is 0. The largest absolute Gasteiger partial charge is 0.573 e. The van der Waals surface area contributed by atoms with Gasteiger partial charge >= 0.3 is 6.36 Å². The van der Waals surface area contributed by atoms with E-state index in [4.69, 9.17) is 4.42 Å². The van der Waals surface area contributed by atoms with Crippen molar-refractivity contribution in [3.05, 3.63) is 58.1 Å². The van der Waals surface area contributed by atoms with Gasteiger partial charge in [0, 0.05) is 22.8 Å². The van der Waals surface area contributed by atoms with Crippen molar-refractivity contribution in [1.82, 2.24) is 10.2 Å². The summed E-state index contributed by atoms with van der Waals surface area (Å²) in [6.07, 6.45) is -4.77. The van der Waals surface area contributed by atoms with Crippen LogP contribution in [0.15, 0.2) is 46.9 Å². The first-order valence-corrected chi connectivity index (χ1v) is 7.18. The third-order valence-corrected chi connectivity index (χ3v) is 3.40. The number of ether oxygens (including phenoxy) is 1. The maximum atomic E-state index is 12.2. The zero-order valence-corrected chi connectivity index (χ0v) is 13.1. The summed E-state index contributed by atoms with van der Waals surface area (Å²) in [5.74, 6) is -0.143. The molecule has 2 aromatic carbocycles. The van der Waals surface area contributed by atoms with Gasteiger partial charge < -0.3 is 9.15 Å². The molecule has 0 aliphatic rings. The molecule has 0 bridgehead atoms. The van der Waals surface area contributed by atoms with Crippen molar-refractivity contribution in [1.29, 1.82) is 0 Å². The van der Waals surface area contributed by atoms with E-state index >= 15 is 0 Å². The molecule has 0 saturated carbocycles. The van der Waals surface area contributed by atoms with Gasteiger partial charge in [-0.05, 0) is 43.3 Å². The van der Waals surface area contributed by atoms with Crippen LogP contribution in [0.4, 0.5) is 18.9 Å². The summed E-state index contributed by atoms with van der Waals surface area (Å²) in [7, 11) is 0. The van der Waals surface area contributed by atoms with Gasteiger partial charge in [0.05, 0.1) is 4.92 Å². The second-order valence-electron chi connectivity index (χ2n) is 5.24. The molecular formula is C16H10F3N3O4. The lowest BCUT2D eigenvalue weighted by Gasteiger charge is -2.08. The average molecular weight is 365 g/mol. The van der Waals surface area contributed by atoms with E-state index in [1.807, 2.05) is 0 Å². The smallest absolute Gasteiger partial charge is 0.416 e. The molecule has 3 aromatic rings. The minimum atomic E-state index is -4.77. The van der Waals surface area contributed by atoms with Crippen molar-refractivity contribution in [3.63, 3.8) is 0 Å². The van der Waals surface area contributed by atoms with Crippen molar-refractivity contribution in [2.75, 3.05) is 0 Å². The Bertz CT molecular complexity index is 952. The van der Waals surface area contributed by atoms with Gasteiger partial charge in [-0.15, -0.1) is 23.4 Å². The molecule has 134 valence electrons. The number of benzene rings is 2. The molecule has 1 heterocycles. The predicted octanol–water partition coefficient (Wildman–Crippen LogP) is 4.52. The first-order chi connectivity index (χ1) is 12.2. The summed E-state index contributed by atoms with van der Waals surface area (Å²) >= 11 is 0. The van der Waals surface area contributed by atoms with Crippen LogP contribution in [0.1, 0.15) is 5.56 Å². The highest BCUT2D eigenvalue weighted by Crippen LogP contribution is 2.29. The summed E-state index contributed by atoms with van der Waals surface area (Å²) in [4.78, 5) is 10.3. The highest BCUT2D eigenvalue weighted by Gasteiger charge is 2.31. The van der Waals surface area contributed by atoms with Crippen LogP contribution < -0.4 is 4.74 Å². The topological polar surface area (TPSA) is 91.3 Å². The number of nitro groups is 1. The van der Waals surface area contributed by atoms with E-state index < -0.39 is 11.3 Å². The van der Waals surface area contributed by atoms with Crippen molar-refractivity contribution >= 4 is 5.69 Å². The van der Waals surface area contributed by atoms with Crippen LogP contribution in [0, 0.1) is 17.0 Å². The van der Waals surface area contributed by atoms with E-state index in [0.717, 1.165) is 12.1 Å². The Morgan fingerprint density at radius 1 is 1.04 bits per heavy atom. The van der Waals surface area contributed by atoms with Gasteiger partial charge in [0.25, 0.3) is 5.69 Å². The molecule has 0 radical (unpaired) electrons. The van der Waals surface area contributed by atoms with Crippen LogP contribution in [0.25, 0.3) is 22.9 Å². The van der Waals surface area contributed by atoms with Crippen LogP contribution in [0.2, 0.25) is 0 Å². The van der Waals surface area contributed by atoms with E-state index in [1.165, 1.54) is 30.3 Å². The Balaban J connectivity index is 1.84. The molecule has 0 N–H and O–H groups in total. The molecule has 0 spiro atoms. The maximum absolute atomic E-state index is 12.2. The van der Waals surface area contributed by atoms with Crippen molar-refractivity contribution in [2.24, 2.45) is 0 Å². The Kier molecular flexibility index (Phi) is 4.33. The van der Waals surface area contributed by atoms with Crippen LogP contribution in [-0.4, -0.2) is 21.5 Å². The fourth-order valence-corrected chi connectivity index (χ4v) is 2.25. The van der Waals surface area contributed by atoms with Gasteiger partial charge in [-0.1, -0.05) is 0 Å². The molecule has 26 heavy (non-hydrogen) atoms. The Hall–Kier alpha value is -3.43. The molecule has 0 aliphatic carbocycles. The first kappa shape index (κ1) is 17.4. The van der Waals surface area contributed by atoms with E-state index in [-0.39, 0.29) is 23.2 Å². The highest BCUT2D eigenvalue weighted by molar-refractivity contribution is 5.61. The number of rotatable bonds is 4. The third kappa shape index (κ3) is 3.79. The number of aromatic nitrogens is 2. The Morgan fingerprint density at radius 2 is 1.62 bits per heavy atom. The molecule has 1 aromatic heterocycles. The monoisotopic (exact) mass is 365 g/mol. The highest BCUT2D eigenvalue weighted by atomic mass is 19.4. The standard InChI is InChI=1S/C16H10F3N3O4/c1-9-8-11(4-7-13(9)22(23)24)15-21-20-14(25-15)10-2-5-12(6-3-10)26-16(17,18)19/h2-8H,1H3. The maximum Gasteiger partial charge on any atom is 0.573 e. The van der Waals surface area contributed by atoms with Gasteiger partial charge in [-0.2, -0.15) is 0 Å². The van der Waals surface area contributed by atoms with Crippen molar-refractivity contribution in [2.45, 2.75) is 13.3 Å². The second kappa shape index (κ2) is 6.47. The van der Waals surface area contributed by atoms with Gasteiger partial charge in [0.2, 0.25) is 11.8 Å². The van der Waals surface area contributed by atoms with Gasteiger partial charge in [-0.3, -0.25) is 10.1 Å². The van der Waals surface area contributed by atoms with Gasteiger partial charge in [0.15, 0.2) is 0 Å². The molecule has 10 heteroatoms. The summed E-state index contributed by atoms with van der Waals surface area (Å²) in [6.45, 7) is 1.58. The fraction of sp³-hybridized carbons (Fsp3) is 0.125. The average Bonchev–Trinajstić information content (AvgIpc) is 3.03. The molecule has 7 nitrogen and oxygen atoms in total. The summed E-state index contributed by atoms with van der Waals surface area (Å²) < 4.78 is 45.8. The number of nitrogens with zero attached hydrogens (tertiary/aromatic N) is 3. The molecule has 0 aliphatic heterocycles. The minimum absolute atomic E-state index is 0.0336. The van der Waals surface area contributed by atoms with Crippen LogP contribution >= 0.6 is 0 Å². The van der Waals surface area contributed by atoms with Gasteiger partial charge in [0.1, 0.15) is 5.75 Å². The van der Waals surface area contributed by atoms with Crippen LogP contribution in [0.3, 0.4) is 0 Å². The van der Waals surface area contributed by atoms with Crippen LogP contribution in [-0.2, 0) is 0 Å². The number of alkyl halides is 3. The van der Waals surface area contributed by atoms with Crippen molar-refractivity contribution < 1.29 is 27.2 Å². The fourth-order valence-electron chi connectivity index (χ4n) is 2.25. The Labute approximate surface area is 144 Å². The van der Waals surface area contributed by atoms with E-state index in [9.17, 15) is 23.3 Å². The zero-order chi connectivity index (χ0) is 18.9. The molecule has 0 atom stereocenters. The normalized spacial score (nSPS) is 11.4. The number of halogens is 3. The summed E-state index contributed by atoms with van der Waals surface area (Å²) in [5.41, 5.74) is 1.29. The summed E-state index contributed by atoms with van der Waals surface area (Å²) in [6, 6.07) is 9.29. The SMILES string of the molecule is Cc1cc(-c2nnc(-c3ccc(OC(F)(F)F)cc3)o2)ccc1[N+](=O)[O-]. The molecule has 0 fully saturated rings. The van der Waals surface area contributed by atoms with E-state index in [2.05, 4.69) is 14.9 Å². The lowest BCUT2D eigenvalue weighted by molar-refractivity contribution is -0.385. The minimum Gasteiger partial charge on any atom is -0.416 e. The lowest BCUT2D eigenvalue weighted by Crippen LogP contribution is -2.16. The lowest BCUT2D eigenvalue weighted by atomic mass is 10.1. The predicted molar refractivity (Wildman–Crippen MR) is 83.2 cm³/mol. The quantitative estimate of drug-likeness (QED) is 0.499. The molecular weight excluding hydrogens is 355 g/mol. The Morgan fingerprint density at radius 3 is 2.15 bits per heavy atom. The van der Waals surface area contributed by atoms with Crippen LogP contribution in [0.5, 0.6) is 5.75 Å². The van der Waals surface area contributed by atoms with Gasteiger partial charge in [-0.25, -0.2) is 0 Å². The third-order valence-electron chi connectivity index (χ3n) is 3.40. The van der Waals surface area contributed by atoms with E-state index in [1.54, 1.807) is 6.92 Å². The summed E-state index contributed by atoms with van der Waals surface area (Å²) in [5, 5.41) is 18.5. The molecule has 0 amide bonds. The first-order valence-electron chi connectivity index (χ1n) is 7.18. The number of hydrogen-bond acceptors (Lipinski definition) is 6. The molecule has 0 saturated heterocycles. The van der Waals surface area contributed by atoms with Crippen molar-refractivity contribution in [3.8, 4) is 28.7 Å². The van der Waals surface area contributed by atoms with E-state index in [0.29, 0.717) is 16.7 Å². The molecule has 3 rings (SSSR count). The zero-order valence-electron chi connectivity index (χ0n) is 13.1. The number of nitro benzene ring substituents is 1. The second-order valence-corrected chi connectivity index (χ2v) is 5.24. The number of aryl methyl sites for hydroxylation is 1. The molecule has 0 unspecified atom stereocenters.